The molecule has 1 aliphatic carbocycles. The summed E-state index contributed by atoms with van der Waals surface area (Å²) < 4.78 is 47.6. The zero-order valence-corrected chi connectivity index (χ0v) is 48.9. The highest BCUT2D eigenvalue weighted by molar-refractivity contribution is 5.83. The van der Waals surface area contributed by atoms with E-state index in [1.807, 2.05) is 36.7 Å². The number of aromatic nitrogens is 11. The maximum atomic E-state index is 12.0. The lowest BCUT2D eigenvalue weighted by Gasteiger charge is -2.47. The highest BCUT2D eigenvalue weighted by Crippen LogP contribution is 2.35. The van der Waals surface area contributed by atoms with Gasteiger partial charge in [-0.2, -0.15) is 0 Å². The number of fused-ring (bicyclic) bond motifs is 1. The molecule has 7 heterocycles. The minimum Gasteiger partial charge on any atom is -0.487 e. The van der Waals surface area contributed by atoms with Crippen molar-refractivity contribution < 1.29 is 63.8 Å². The zero-order chi connectivity index (χ0) is 61.5. The lowest BCUT2D eigenvalue weighted by Crippen LogP contribution is -2.68. The third-order valence-corrected chi connectivity index (χ3v) is 16.7. The number of H-pyrrole nitrogens is 1. The Kier molecular flexibility index (Phi) is 21.5. The second-order valence-corrected chi connectivity index (χ2v) is 23.0. The Morgan fingerprint density at radius 1 is 0.724 bits per heavy atom. The first-order valence-electron chi connectivity index (χ1n) is 29.6. The fourth-order valence-electron chi connectivity index (χ4n) is 11.4. The molecule has 0 spiro atoms. The maximum Gasteiger partial charge on any atom is 0.187 e. The second kappa shape index (κ2) is 29.2. The Morgan fingerprint density at radius 2 is 1.37 bits per heavy atom. The normalized spacial score (nSPS) is 29.6. The highest BCUT2D eigenvalue weighted by atomic mass is 16.8. The Bertz CT molecular complexity index is 3070. The van der Waals surface area contributed by atoms with Crippen LogP contribution in [0, 0.1) is 0 Å². The highest BCUT2D eigenvalue weighted by Gasteiger charge is 2.54. The summed E-state index contributed by atoms with van der Waals surface area (Å²) in [5.41, 5.74) is 43.1. The van der Waals surface area contributed by atoms with Gasteiger partial charge in [-0.1, -0.05) is 15.6 Å². The smallest absolute Gasteiger partial charge is 0.187 e. The van der Waals surface area contributed by atoms with E-state index in [0.717, 1.165) is 67.1 Å². The van der Waals surface area contributed by atoms with E-state index in [9.17, 15) is 30.6 Å². The van der Waals surface area contributed by atoms with Gasteiger partial charge < -0.3 is 113 Å². The number of aliphatic hydroxyl groups is 6. The molecule has 2 aromatic carbocycles. The van der Waals surface area contributed by atoms with E-state index in [1.54, 1.807) is 15.6 Å². The van der Waals surface area contributed by atoms with Crippen LogP contribution >= 0.6 is 0 Å². The summed E-state index contributed by atoms with van der Waals surface area (Å²) in [5.74, 6) is 1.50. The number of nitrogens with one attached hydrogen (secondary N) is 1. The van der Waals surface area contributed by atoms with Crippen LogP contribution in [-0.4, -0.2) is 254 Å². The van der Waals surface area contributed by atoms with Crippen molar-refractivity contribution in [3.05, 3.63) is 78.1 Å². The van der Waals surface area contributed by atoms with Gasteiger partial charge in [0.05, 0.1) is 78.6 Å². The summed E-state index contributed by atoms with van der Waals surface area (Å²) in [6.45, 7) is 5.23. The average molecular weight is 1220 g/mol. The molecule has 32 heteroatoms. The Morgan fingerprint density at radius 3 is 2.05 bits per heavy atom. The number of hydrogen-bond donors (Lipinski definition) is 13. The molecule has 4 fully saturated rings. The van der Waals surface area contributed by atoms with E-state index in [2.05, 4.69) is 71.0 Å². The van der Waals surface area contributed by atoms with E-state index in [4.69, 9.17) is 72.5 Å². The van der Waals surface area contributed by atoms with Gasteiger partial charge >= 0.3 is 0 Å². The Hall–Kier alpha value is -5.83. The Balaban J connectivity index is 0.698. The van der Waals surface area contributed by atoms with E-state index < -0.39 is 110 Å². The van der Waals surface area contributed by atoms with Crippen molar-refractivity contribution in [3.63, 3.8) is 0 Å². The summed E-state index contributed by atoms with van der Waals surface area (Å²) in [5, 5.41) is 92.0. The number of rotatable bonds is 28. The molecule has 1 saturated carbocycles. The molecule has 3 saturated heterocycles. The van der Waals surface area contributed by atoms with Gasteiger partial charge in [0.15, 0.2) is 18.9 Å². The number of benzene rings is 2. The number of aromatic amines is 1. The molecule has 19 N–H and O–H groups in total. The summed E-state index contributed by atoms with van der Waals surface area (Å²) in [6, 6.07) is 9.82. The third-order valence-electron chi connectivity index (χ3n) is 16.7. The number of hydrogen-bond acceptors (Lipinski definition) is 28. The molecule has 18 atom stereocenters. The molecule has 6 aromatic rings. The second-order valence-electron chi connectivity index (χ2n) is 23.0. The molecule has 0 radical (unpaired) electrons. The van der Waals surface area contributed by atoms with Gasteiger partial charge in [-0.05, 0) is 94.6 Å². The molecular formula is C55H85N19O13. The minimum absolute atomic E-state index is 0.0324. The molecular weight excluding hydrogens is 1130 g/mol. The number of aliphatic hydroxyl groups excluding tert-OH is 6. The molecule has 32 nitrogen and oxygen atoms in total. The first kappa shape index (κ1) is 64.2. The molecule has 3 aliphatic heterocycles. The number of anilines is 1. The summed E-state index contributed by atoms with van der Waals surface area (Å²) in [7, 11) is 3.43. The molecule has 4 aromatic heterocycles. The number of imidazole rings is 1. The lowest BCUT2D eigenvalue weighted by atomic mass is 9.84. The molecule has 87 heavy (non-hydrogen) atoms. The number of ether oxygens (including phenoxy) is 7. The van der Waals surface area contributed by atoms with Crippen LogP contribution in [0.15, 0.2) is 61.1 Å². The molecule has 0 bridgehead atoms. The maximum absolute atomic E-state index is 12.0. The molecule has 10 rings (SSSR count). The summed E-state index contributed by atoms with van der Waals surface area (Å²) in [4.78, 5) is 13.1. The first-order chi connectivity index (χ1) is 42.0. The molecule has 478 valence electrons. The standard InChI is InChI=1S/C55H85N19O13/c1-70-15-17-71(18-16-70)33-9-12-37-38(21-33)63-52(62-37)29-7-10-34(11-8-29)82-28-32-26-73(68-66-32)20-19-72-24-30(64-67-72)5-3-4-6-31-25-74(69-65-31)27-41-50(86-53(81-2)42(60)45(77)39(75)13-14-56)48(80)55(84-41)87-51-44(76)35(58)22-36(59)49(51)85-54-43(61)47(79)46(78)40(23-57)83-54/h7-12,21,24-26,35-36,39-51,53-55,75-80H,3-6,13-20,22-23,27-28,56-61H2,1-2H3,(H,62,63)/t35-,36?,39-,40?,41?,42?,43?,44?,45?,46-,47?,48?,49-,50?,51?,53-,54-,55?/m1/s1. The van der Waals surface area contributed by atoms with E-state index in [0.29, 0.717) is 43.1 Å². The van der Waals surface area contributed by atoms with Crippen LogP contribution < -0.4 is 44.0 Å². The zero-order valence-electron chi connectivity index (χ0n) is 48.9. The summed E-state index contributed by atoms with van der Waals surface area (Å²) in [6.07, 6.45) is -10.8. The molecule has 12 unspecified atom stereocenters. The predicted molar refractivity (Wildman–Crippen MR) is 310 cm³/mol. The topological polar surface area (TPSA) is 469 Å². The van der Waals surface area contributed by atoms with Crippen molar-refractivity contribution >= 4 is 16.7 Å². The van der Waals surface area contributed by atoms with Gasteiger partial charge in [-0.25, -0.2) is 9.67 Å². The lowest BCUT2D eigenvalue weighted by molar-refractivity contribution is -0.306. The number of likely N-dealkylation sites (N-methyl/N-ethyl adjacent to an activating group) is 1. The fourth-order valence-corrected chi connectivity index (χ4v) is 11.4. The van der Waals surface area contributed by atoms with Crippen LogP contribution in [-0.2, 0) is 67.5 Å². The van der Waals surface area contributed by atoms with Gasteiger partial charge in [0.1, 0.15) is 72.7 Å². The number of unbranched alkanes of at least 4 members (excludes halogenated alkanes) is 1. The van der Waals surface area contributed by atoms with Crippen LogP contribution in [0.25, 0.3) is 22.4 Å². The van der Waals surface area contributed by atoms with Gasteiger partial charge in [0.2, 0.25) is 0 Å². The van der Waals surface area contributed by atoms with Crippen LogP contribution in [0.5, 0.6) is 5.75 Å². The van der Waals surface area contributed by atoms with E-state index in [1.165, 1.54) is 17.5 Å². The SMILES string of the molecule is CO[C@H](OC1C(Cn2cc(CCCCc3cn(CCn4cc(COc5ccc(-c6nc7ccc(N8CCN(C)CC8)cc7[nH]6)cc5)nn4)nn3)nn2)OC(OC2C(O)[C@H](N)CC(N)[C@H]2O[C@H]2OC(CN)[C@@H](O)C(O)C2N)C1O)C(N)C(O)[C@H](O)CCN. The third kappa shape index (κ3) is 15.4. The van der Waals surface area contributed by atoms with Gasteiger partial charge in [-0.15, -0.1) is 15.3 Å². The number of methoxy groups -OCH3 is 1. The van der Waals surface area contributed by atoms with Gasteiger partial charge in [-0.3, -0.25) is 9.36 Å². The van der Waals surface area contributed by atoms with Crippen LogP contribution in [0.1, 0.15) is 42.8 Å². The van der Waals surface area contributed by atoms with Crippen molar-refractivity contribution in [2.75, 3.05) is 58.3 Å². The van der Waals surface area contributed by atoms with Crippen molar-refractivity contribution in [1.82, 2.24) is 59.8 Å². The van der Waals surface area contributed by atoms with Crippen molar-refractivity contribution in [1.29, 1.82) is 0 Å². The monoisotopic (exact) mass is 1220 g/mol. The quantitative estimate of drug-likeness (QED) is 0.0162. The van der Waals surface area contributed by atoms with Crippen molar-refractivity contribution in [2.24, 2.45) is 34.4 Å². The number of nitrogens with zero attached hydrogens (tertiary/aromatic N) is 12. The molecule has 0 amide bonds. The van der Waals surface area contributed by atoms with E-state index >= 15 is 0 Å². The van der Waals surface area contributed by atoms with Gasteiger partial charge in [0, 0.05) is 75.6 Å². The largest absolute Gasteiger partial charge is 0.487 e. The average Bonchev–Trinajstić information content (AvgIpc) is 2.84. The summed E-state index contributed by atoms with van der Waals surface area (Å²) >= 11 is 0. The van der Waals surface area contributed by atoms with Crippen LogP contribution in [0.2, 0.25) is 0 Å². The van der Waals surface area contributed by atoms with Crippen molar-refractivity contribution in [2.45, 2.75) is 175 Å². The number of nitrogens with two attached hydrogens (primary N) is 6. The van der Waals surface area contributed by atoms with Crippen LogP contribution in [0.4, 0.5) is 5.69 Å². The minimum atomic E-state index is -1.63. The number of aryl methyl sites for hydroxylation is 4. The van der Waals surface area contributed by atoms with Crippen molar-refractivity contribution in [3.8, 4) is 17.1 Å². The van der Waals surface area contributed by atoms with Crippen LogP contribution in [0.3, 0.4) is 0 Å². The van der Waals surface area contributed by atoms with E-state index in [-0.39, 0.29) is 39.1 Å². The fraction of sp³-hybridized carbons (Fsp3) is 0.655. The number of piperazine rings is 1. The molecule has 4 aliphatic rings. The Labute approximate surface area is 501 Å². The first-order valence-corrected chi connectivity index (χ1v) is 29.6. The van der Waals surface area contributed by atoms with Gasteiger partial charge in [0.25, 0.3) is 0 Å². The predicted octanol–water partition coefficient (Wildman–Crippen LogP) is -4.64.